The van der Waals surface area contributed by atoms with E-state index in [1.807, 2.05) is 31.2 Å². The number of halogens is 1. The van der Waals surface area contributed by atoms with Crippen molar-refractivity contribution in [2.24, 2.45) is 0 Å². The number of hydrogen-bond acceptors (Lipinski definition) is 3. The molecule has 3 rings (SSSR count). The Kier molecular flexibility index (Phi) is 4.19. The first-order valence-electron chi connectivity index (χ1n) is 7.18. The summed E-state index contributed by atoms with van der Waals surface area (Å²) in [6.45, 7) is 2.22. The van der Waals surface area contributed by atoms with Crippen LogP contribution in [-0.2, 0) is 6.54 Å². The summed E-state index contributed by atoms with van der Waals surface area (Å²) < 4.78 is 18.3. The van der Waals surface area contributed by atoms with E-state index in [2.05, 4.69) is 10.5 Å². The summed E-state index contributed by atoms with van der Waals surface area (Å²) in [5.74, 6) is -0.169. The van der Waals surface area contributed by atoms with Crippen LogP contribution >= 0.6 is 0 Å². The first-order valence-corrected chi connectivity index (χ1v) is 7.18. The zero-order valence-corrected chi connectivity index (χ0v) is 12.5. The second-order valence-electron chi connectivity index (χ2n) is 5.26. The minimum atomic E-state index is -0.364. The average molecular weight is 310 g/mol. The van der Waals surface area contributed by atoms with Gasteiger partial charge in [-0.05, 0) is 24.6 Å². The SMILES string of the molecule is Cc1ccc(-c2cc(C(=O)NCc3cccc(F)c3)no2)cc1. The highest BCUT2D eigenvalue weighted by molar-refractivity contribution is 5.93. The molecule has 0 saturated heterocycles. The van der Waals surface area contributed by atoms with Crippen LogP contribution in [0.2, 0.25) is 0 Å². The summed E-state index contributed by atoms with van der Waals surface area (Å²) in [6, 6.07) is 15.4. The molecule has 5 heteroatoms. The Labute approximate surface area is 132 Å². The number of amides is 1. The number of aryl methyl sites for hydroxylation is 1. The number of carbonyl (C=O) groups excluding carboxylic acids is 1. The third kappa shape index (κ3) is 3.63. The molecule has 4 nitrogen and oxygen atoms in total. The van der Waals surface area contributed by atoms with Crippen LogP contribution in [0.5, 0.6) is 0 Å². The number of carbonyl (C=O) groups is 1. The summed E-state index contributed by atoms with van der Waals surface area (Å²) in [6.07, 6.45) is 0. The number of hydrogen-bond donors (Lipinski definition) is 1. The van der Waals surface area contributed by atoms with Crippen molar-refractivity contribution in [3.8, 4) is 11.3 Å². The average Bonchev–Trinajstić information content (AvgIpc) is 3.03. The van der Waals surface area contributed by atoms with Crippen molar-refractivity contribution < 1.29 is 13.7 Å². The van der Waals surface area contributed by atoms with Crippen LogP contribution in [0.15, 0.2) is 59.1 Å². The van der Waals surface area contributed by atoms with Crippen molar-refractivity contribution in [1.82, 2.24) is 10.5 Å². The lowest BCUT2D eigenvalue weighted by Crippen LogP contribution is -2.23. The highest BCUT2D eigenvalue weighted by Gasteiger charge is 2.13. The predicted octanol–water partition coefficient (Wildman–Crippen LogP) is 3.72. The minimum absolute atomic E-state index is 0.192. The van der Waals surface area contributed by atoms with E-state index in [0.717, 1.165) is 11.1 Å². The topological polar surface area (TPSA) is 55.1 Å². The number of aromatic nitrogens is 1. The molecule has 2 aromatic carbocycles. The van der Waals surface area contributed by atoms with Crippen LogP contribution in [-0.4, -0.2) is 11.1 Å². The van der Waals surface area contributed by atoms with Crippen molar-refractivity contribution in [2.45, 2.75) is 13.5 Å². The standard InChI is InChI=1S/C18H15FN2O2/c1-12-5-7-14(8-6-12)17-10-16(21-23-17)18(22)20-11-13-3-2-4-15(19)9-13/h2-10H,11H2,1H3,(H,20,22). The summed E-state index contributed by atoms with van der Waals surface area (Å²) in [4.78, 5) is 12.1. The van der Waals surface area contributed by atoms with Gasteiger partial charge in [0.2, 0.25) is 0 Å². The van der Waals surface area contributed by atoms with Gasteiger partial charge in [-0.3, -0.25) is 4.79 Å². The first-order chi connectivity index (χ1) is 11.1. The summed E-state index contributed by atoms with van der Waals surface area (Å²) in [7, 11) is 0. The van der Waals surface area contributed by atoms with Crippen LogP contribution in [0.3, 0.4) is 0 Å². The number of nitrogens with zero attached hydrogens (tertiary/aromatic N) is 1. The molecule has 0 aliphatic rings. The normalized spacial score (nSPS) is 10.5. The molecule has 1 heterocycles. The Morgan fingerprint density at radius 3 is 2.70 bits per heavy atom. The summed E-state index contributed by atoms with van der Waals surface area (Å²) in [5.41, 5.74) is 2.87. The molecule has 0 aliphatic carbocycles. The van der Waals surface area contributed by atoms with E-state index in [9.17, 15) is 9.18 Å². The Morgan fingerprint density at radius 1 is 1.17 bits per heavy atom. The zero-order valence-electron chi connectivity index (χ0n) is 12.5. The second kappa shape index (κ2) is 6.44. The first kappa shape index (κ1) is 15.0. The molecule has 1 amide bonds. The molecule has 23 heavy (non-hydrogen) atoms. The zero-order chi connectivity index (χ0) is 16.2. The van der Waals surface area contributed by atoms with Crippen molar-refractivity contribution in [3.63, 3.8) is 0 Å². The Morgan fingerprint density at radius 2 is 1.96 bits per heavy atom. The van der Waals surface area contributed by atoms with E-state index >= 15 is 0 Å². The molecule has 0 radical (unpaired) electrons. The Hall–Kier alpha value is -2.95. The van der Waals surface area contributed by atoms with Crippen LogP contribution in [0.4, 0.5) is 4.39 Å². The maximum absolute atomic E-state index is 13.1. The van der Waals surface area contributed by atoms with Crippen LogP contribution in [0.25, 0.3) is 11.3 Å². The quantitative estimate of drug-likeness (QED) is 0.799. The van der Waals surface area contributed by atoms with Crippen molar-refractivity contribution in [2.75, 3.05) is 0 Å². The van der Waals surface area contributed by atoms with E-state index in [0.29, 0.717) is 11.3 Å². The predicted molar refractivity (Wildman–Crippen MR) is 84.2 cm³/mol. The molecule has 3 aromatic rings. The van der Waals surface area contributed by atoms with Gasteiger partial charge in [0.15, 0.2) is 11.5 Å². The molecule has 0 saturated carbocycles. The van der Waals surface area contributed by atoms with Gasteiger partial charge in [-0.25, -0.2) is 4.39 Å². The smallest absolute Gasteiger partial charge is 0.273 e. The lowest BCUT2D eigenvalue weighted by Gasteiger charge is -2.02. The molecule has 1 N–H and O–H groups in total. The van der Waals surface area contributed by atoms with Crippen LogP contribution < -0.4 is 5.32 Å². The maximum atomic E-state index is 13.1. The van der Waals surface area contributed by atoms with Crippen LogP contribution in [0, 0.1) is 12.7 Å². The van der Waals surface area contributed by atoms with Gasteiger partial charge in [-0.15, -0.1) is 0 Å². The van der Waals surface area contributed by atoms with E-state index in [1.165, 1.54) is 12.1 Å². The molecule has 0 aliphatic heterocycles. The third-order valence-electron chi connectivity index (χ3n) is 3.42. The molecular formula is C18H15FN2O2. The van der Waals surface area contributed by atoms with Gasteiger partial charge in [-0.2, -0.15) is 0 Å². The lowest BCUT2D eigenvalue weighted by molar-refractivity contribution is 0.0942. The third-order valence-corrected chi connectivity index (χ3v) is 3.42. The van der Waals surface area contributed by atoms with Gasteiger partial charge >= 0.3 is 0 Å². The van der Waals surface area contributed by atoms with E-state index in [4.69, 9.17) is 4.52 Å². The van der Waals surface area contributed by atoms with Gasteiger partial charge in [0.25, 0.3) is 5.91 Å². The van der Waals surface area contributed by atoms with Gasteiger partial charge in [0.1, 0.15) is 5.82 Å². The van der Waals surface area contributed by atoms with Gasteiger partial charge in [0.05, 0.1) is 0 Å². The molecule has 0 bridgehead atoms. The van der Waals surface area contributed by atoms with Crippen LogP contribution in [0.1, 0.15) is 21.6 Å². The molecule has 0 spiro atoms. The maximum Gasteiger partial charge on any atom is 0.273 e. The molecule has 0 unspecified atom stereocenters. The van der Waals surface area contributed by atoms with Gasteiger partial charge in [0, 0.05) is 18.2 Å². The summed E-state index contributed by atoms with van der Waals surface area (Å²) >= 11 is 0. The summed E-state index contributed by atoms with van der Waals surface area (Å²) in [5, 5.41) is 6.47. The fourth-order valence-corrected chi connectivity index (χ4v) is 2.16. The van der Waals surface area contributed by atoms with Crippen molar-refractivity contribution in [3.05, 3.63) is 77.2 Å². The Balaban J connectivity index is 1.67. The molecule has 0 fully saturated rings. The second-order valence-corrected chi connectivity index (χ2v) is 5.26. The van der Waals surface area contributed by atoms with Crippen molar-refractivity contribution in [1.29, 1.82) is 0 Å². The van der Waals surface area contributed by atoms with E-state index in [-0.39, 0.29) is 24.0 Å². The molecule has 116 valence electrons. The molecular weight excluding hydrogens is 295 g/mol. The van der Waals surface area contributed by atoms with Crippen molar-refractivity contribution >= 4 is 5.91 Å². The fourth-order valence-electron chi connectivity index (χ4n) is 2.16. The fraction of sp³-hybridized carbons (Fsp3) is 0.111. The van der Waals surface area contributed by atoms with E-state index < -0.39 is 0 Å². The highest BCUT2D eigenvalue weighted by atomic mass is 19.1. The van der Waals surface area contributed by atoms with Gasteiger partial charge < -0.3 is 9.84 Å². The number of benzene rings is 2. The van der Waals surface area contributed by atoms with E-state index in [1.54, 1.807) is 18.2 Å². The highest BCUT2D eigenvalue weighted by Crippen LogP contribution is 2.20. The monoisotopic (exact) mass is 310 g/mol. The number of rotatable bonds is 4. The molecule has 0 atom stereocenters. The molecule has 1 aromatic heterocycles. The largest absolute Gasteiger partial charge is 0.355 e. The Bertz CT molecular complexity index is 825. The number of nitrogens with one attached hydrogen (secondary N) is 1. The van der Waals surface area contributed by atoms with Gasteiger partial charge in [-0.1, -0.05) is 47.1 Å². The lowest BCUT2D eigenvalue weighted by atomic mass is 10.1. The minimum Gasteiger partial charge on any atom is -0.355 e.